The van der Waals surface area contributed by atoms with Crippen molar-refractivity contribution < 1.29 is 102 Å². The fourth-order valence-corrected chi connectivity index (χ4v) is 12.1. The number of nitrogens with zero attached hydrogens (tertiary/aromatic N) is 9. The molecule has 8 heterocycles. The molecule has 0 spiro atoms. The molecule has 26 nitrogen and oxygen atoms in total. The average Bonchev–Trinajstić information content (AvgIpc) is 1.61. The predicted molar refractivity (Wildman–Crippen MR) is 377 cm³/mol. The molecule has 3 atom stereocenters. The number of aromatic amines is 2. The second-order valence-electron chi connectivity index (χ2n) is 23.9. The third kappa shape index (κ3) is 22.2. The molecule has 2 amide bonds. The third-order valence-corrected chi connectivity index (χ3v) is 16.6. The number of carbonyl (C=O) groups is 6. The Hall–Kier alpha value is -11.1. The van der Waals surface area contributed by atoms with Crippen LogP contribution in [-0.2, 0) is 60.1 Å². The normalized spacial score (nSPS) is 14.9. The number of esters is 2. The Bertz CT molecular complexity index is 4500. The van der Waals surface area contributed by atoms with E-state index in [1.54, 1.807) is 130 Å². The second kappa shape index (κ2) is 41.4. The summed E-state index contributed by atoms with van der Waals surface area (Å²) in [4.78, 5) is 91.2. The minimum Gasteiger partial charge on any atom is -0.870 e. The summed E-state index contributed by atoms with van der Waals surface area (Å²) < 4.78 is 86.1. The maximum Gasteiger partial charge on any atom is 1.00 e. The number of nitro groups is 1. The van der Waals surface area contributed by atoms with Gasteiger partial charge in [-0.1, -0.05) is 87.5 Å². The monoisotopic (exact) mass is 1470 g/mol. The Kier molecular flexibility index (Phi) is 32.1. The number of nitrogens with two attached hydrogens (primary N) is 1. The van der Waals surface area contributed by atoms with E-state index in [9.17, 15) is 65.9 Å². The Morgan fingerprint density at radius 1 is 0.613 bits per heavy atom. The Morgan fingerprint density at radius 3 is 1.39 bits per heavy atom. The summed E-state index contributed by atoms with van der Waals surface area (Å²) in [5.74, 6) is -3.92. The van der Waals surface area contributed by atoms with Crippen molar-refractivity contribution in [1.82, 2.24) is 54.4 Å². The van der Waals surface area contributed by atoms with Gasteiger partial charge < -0.3 is 56.0 Å². The zero-order valence-electron chi connectivity index (χ0n) is 61.2. The zero-order chi connectivity index (χ0) is 77.1. The van der Waals surface area contributed by atoms with Crippen LogP contribution in [0.3, 0.4) is 0 Å². The van der Waals surface area contributed by atoms with Gasteiger partial charge in [-0.25, -0.2) is 32.3 Å². The van der Waals surface area contributed by atoms with Gasteiger partial charge in [-0.05, 0) is 103 Å². The number of halogens is 5. The first-order chi connectivity index (χ1) is 50.9. The van der Waals surface area contributed by atoms with Crippen molar-refractivity contribution in [1.29, 1.82) is 0 Å². The molecule has 558 valence electrons. The van der Waals surface area contributed by atoms with E-state index in [2.05, 4.69) is 37.5 Å². The van der Waals surface area contributed by atoms with Gasteiger partial charge >= 0.3 is 42.7 Å². The Labute approximate surface area is 622 Å². The van der Waals surface area contributed by atoms with Crippen molar-refractivity contribution in [2.45, 2.75) is 105 Å². The number of alkyl halides is 2. The molecule has 0 radical (unpaired) electrons. The minimum absolute atomic E-state index is 0. The number of carboxylic acid groups (broad SMARTS) is 2. The second-order valence-corrected chi connectivity index (χ2v) is 23.9. The predicted octanol–water partition coefficient (Wildman–Crippen LogP) is 8.65. The summed E-state index contributed by atoms with van der Waals surface area (Å²) in [6.07, 6.45) is 9.15. The molecule has 8 N–H and O–H groups in total. The summed E-state index contributed by atoms with van der Waals surface area (Å²) in [7, 11) is -2.00. The molecular weight excluding hydrogens is 1380 g/mol. The Morgan fingerprint density at radius 2 is 1.03 bits per heavy atom. The van der Waals surface area contributed by atoms with E-state index in [4.69, 9.17) is 23.1 Å². The fourth-order valence-electron chi connectivity index (χ4n) is 12.1. The number of nitro benzene ring substituents is 1. The number of carboxylic acids is 2. The van der Waals surface area contributed by atoms with Crippen molar-refractivity contribution in [3.8, 4) is 0 Å². The zero-order valence-corrected chi connectivity index (χ0v) is 59.2. The van der Waals surface area contributed by atoms with Gasteiger partial charge in [-0.15, -0.1) is 0 Å². The third-order valence-electron chi connectivity index (χ3n) is 16.6. The molecule has 0 bridgehead atoms. The summed E-state index contributed by atoms with van der Waals surface area (Å²) in [6, 6.07) is 31.8. The maximum atomic E-state index is 13.3. The molecule has 9 aromatic rings. The summed E-state index contributed by atoms with van der Waals surface area (Å²) in [5.41, 5.74) is 15.7. The number of aliphatic carboxylic acids is 1. The number of hydrogen-bond acceptors (Lipinski definition) is 16. The molecule has 13 rings (SSSR count). The molecule has 5 aromatic heterocycles. The molecule has 0 saturated heterocycles. The SMILES string of the molecule is CC1CN(C(=O)c2ccc[nH]2)Cc2c(C(=O)O)nn(Cc3ccc(F)cc3)c21.CCOC(=O)c1nn(Cc2ccc(F)cc2)c2c1CN(C(=O)c1ccc[nH]1)CC2C.CCOC(=O)c1nn(Cc2ccc(F)cc2)c2c1CNCC2C.NCc1cccc([N+](=O)[O-])c1.O=C(O)C1=CC=CC1.[2H]CF.[2H]CF.[Li+].[OH-]. The van der Waals surface area contributed by atoms with Gasteiger partial charge in [0.15, 0.2) is 17.1 Å². The summed E-state index contributed by atoms with van der Waals surface area (Å²) >= 11 is 0. The molecule has 0 fully saturated rings. The van der Waals surface area contributed by atoms with Gasteiger partial charge in [-0.2, -0.15) is 15.3 Å². The van der Waals surface area contributed by atoms with Crippen molar-refractivity contribution in [3.05, 3.63) is 270 Å². The number of amides is 2. The van der Waals surface area contributed by atoms with Gasteiger partial charge in [0.25, 0.3) is 17.5 Å². The van der Waals surface area contributed by atoms with Crippen LogP contribution in [-0.4, -0.2) is 153 Å². The first-order valence-electron chi connectivity index (χ1n) is 34.2. The van der Waals surface area contributed by atoms with Gasteiger partial charge in [0.2, 0.25) is 0 Å². The van der Waals surface area contributed by atoms with E-state index in [-0.39, 0.29) is 108 Å². The van der Waals surface area contributed by atoms with E-state index in [1.165, 1.54) is 48.5 Å². The number of aromatic carboxylic acids is 1. The fraction of sp³-hybridized carbons (Fsp3) is 0.311. The molecule has 0 saturated carbocycles. The van der Waals surface area contributed by atoms with Crippen LogP contribution in [0, 0.1) is 27.6 Å². The molecule has 4 aromatic carbocycles. The van der Waals surface area contributed by atoms with E-state index in [0.717, 1.165) is 51.4 Å². The number of benzene rings is 4. The summed E-state index contributed by atoms with van der Waals surface area (Å²) in [5, 5.41) is 44.8. The van der Waals surface area contributed by atoms with Crippen LogP contribution in [0.5, 0.6) is 0 Å². The number of non-ortho nitro benzene ring substituents is 1. The number of nitrogens with one attached hydrogen (secondary N) is 3. The summed E-state index contributed by atoms with van der Waals surface area (Å²) in [6.45, 7) is 14.6. The number of hydrogen-bond donors (Lipinski definition) is 6. The quantitative estimate of drug-likeness (QED) is 0.0173. The van der Waals surface area contributed by atoms with Crippen molar-refractivity contribution >= 4 is 41.4 Å². The number of fused-ring (bicyclic) bond motifs is 3. The number of H-pyrrole nitrogens is 2. The van der Waals surface area contributed by atoms with Crippen LogP contribution >= 0.6 is 0 Å². The number of rotatable bonds is 16. The molecule has 32 heteroatoms. The number of allylic oxidation sites excluding steroid dienone is 3. The van der Waals surface area contributed by atoms with Crippen molar-refractivity contribution in [3.63, 3.8) is 0 Å². The number of carbonyl (C=O) groups excluding carboxylic acids is 4. The number of aromatic nitrogens is 8. The van der Waals surface area contributed by atoms with Crippen LogP contribution in [0.4, 0.5) is 27.6 Å². The van der Waals surface area contributed by atoms with Crippen LogP contribution < -0.4 is 29.9 Å². The minimum atomic E-state index is -1.13. The van der Waals surface area contributed by atoms with Crippen LogP contribution in [0.15, 0.2) is 158 Å². The molecule has 106 heavy (non-hydrogen) atoms. The first kappa shape index (κ1) is 82.2. The van der Waals surface area contributed by atoms with Gasteiger partial charge in [0.05, 0.1) is 67.9 Å². The molecular formula is C74H83F5LiN13O13. The van der Waals surface area contributed by atoms with Crippen LogP contribution in [0.2, 0.25) is 0 Å². The van der Waals surface area contributed by atoms with Gasteiger partial charge in [0, 0.05) is 114 Å². The Balaban J connectivity index is 0.000000249. The smallest absolute Gasteiger partial charge is 0.870 e. The maximum absolute atomic E-state index is 13.3. The topological polar surface area (TPSA) is 364 Å². The van der Waals surface area contributed by atoms with Crippen molar-refractivity contribution in [2.75, 3.05) is 47.2 Å². The van der Waals surface area contributed by atoms with E-state index < -0.39 is 43.1 Å². The molecule has 1 aliphatic carbocycles. The van der Waals surface area contributed by atoms with E-state index >= 15 is 0 Å². The van der Waals surface area contributed by atoms with E-state index in [0.29, 0.717) is 92.6 Å². The molecule has 3 aliphatic heterocycles. The van der Waals surface area contributed by atoms with Crippen molar-refractivity contribution in [2.24, 2.45) is 5.73 Å². The van der Waals surface area contributed by atoms with Crippen LogP contribution in [0.1, 0.15) is 170 Å². The number of ether oxygens (including phenoxy) is 2. The van der Waals surface area contributed by atoms with Crippen LogP contribution in [0.25, 0.3) is 0 Å². The van der Waals surface area contributed by atoms with Gasteiger partial charge in [-0.3, -0.25) is 42.5 Å². The molecule has 3 unspecified atom stereocenters. The largest absolute Gasteiger partial charge is 1.00 e. The average molecular weight is 1470 g/mol. The molecule has 4 aliphatic rings. The first-order valence-corrected chi connectivity index (χ1v) is 32.8. The standard InChI is InChI=1S/C22H23FN4O3.C20H19FN4O3.C17H20FN3O2.C7H8N2O2.C6H6O2.2CH3F.Li.H2O/c1-3-30-22(29)19-17-13-26(21(28)18-5-4-10-24-18)11-14(2)20(17)27(25-19)12-15-6-8-16(23)9-7-15;1-12-9-24(19(26)16-3-2-8-22-16)11-15-17(20(27)28)23-25(18(12)15)10-13-4-6-14(21)7-5-13;1-3-23-17(22)15-14-9-19-8-11(2)16(14)21(20-15)10-12-4-6-13(18)7-5-12;8-5-6-2-1-3-7(4-6)9(10)11;7-6(8)5-3-1-2-4-5;2*1-2;;/h4-10,14,24H,3,11-13H2,1-2H3;2-8,12,22H,9-11H2,1H3,(H,27,28);4-7,11,19H,3,8-10H2,1-2H3;1-4H,5,8H2;1-3H,4H2,(H,7,8);2*1H3;;1H2/q;;;;;;;+1;/p-1/i;;;;;2*1D;;. The van der Waals surface area contributed by atoms with Gasteiger partial charge in [0.1, 0.15) is 28.8 Å². The van der Waals surface area contributed by atoms with E-state index in [1.807, 2.05) is 24.6 Å².